The molecule has 2 atom stereocenters. The van der Waals surface area contributed by atoms with Crippen LogP contribution in [0.4, 0.5) is 0 Å². The lowest BCUT2D eigenvalue weighted by Gasteiger charge is -2.27. The molecule has 0 spiro atoms. The summed E-state index contributed by atoms with van der Waals surface area (Å²) < 4.78 is 12.8. The maximum absolute atomic E-state index is 13.1. The molecule has 1 fully saturated rings. The number of methoxy groups -OCH3 is 1. The molecule has 152 valence electrons. The number of fused-ring (bicyclic) bond motifs is 1. The first-order valence-corrected chi connectivity index (χ1v) is 10.2. The number of carbonyl (C=O) groups excluding carboxylic acids is 1. The Balaban J connectivity index is 1.80. The first kappa shape index (κ1) is 20.3. The molecule has 2 N–H and O–H groups in total. The maximum atomic E-state index is 13.1. The van der Waals surface area contributed by atoms with E-state index in [9.17, 15) is 9.90 Å². The van der Waals surface area contributed by atoms with E-state index in [1.165, 1.54) is 0 Å². The van der Waals surface area contributed by atoms with Gasteiger partial charge in [0.1, 0.15) is 5.69 Å². The fourth-order valence-electron chi connectivity index (χ4n) is 4.28. The van der Waals surface area contributed by atoms with Crippen molar-refractivity contribution in [3.05, 3.63) is 17.0 Å². The number of amides is 1. The zero-order valence-corrected chi connectivity index (χ0v) is 16.8. The molecule has 0 radical (unpaired) electrons. The summed E-state index contributed by atoms with van der Waals surface area (Å²) in [5, 5.41) is 18.5. The number of aromatic nitrogens is 2. The van der Waals surface area contributed by atoms with Gasteiger partial charge in [0, 0.05) is 25.6 Å². The van der Waals surface area contributed by atoms with Gasteiger partial charge in [-0.3, -0.25) is 9.48 Å². The molecule has 0 bridgehead atoms. The van der Waals surface area contributed by atoms with Crippen LogP contribution in [0.3, 0.4) is 0 Å². The summed E-state index contributed by atoms with van der Waals surface area (Å²) in [6, 6.07) is 0. The fourth-order valence-corrected chi connectivity index (χ4v) is 4.28. The van der Waals surface area contributed by atoms with Crippen molar-refractivity contribution in [2.24, 2.45) is 0 Å². The lowest BCUT2D eigenvalue weighted by atomic mass is 9.94. The van der Waals surface area contributed by atoms with Crippen LogP contribution in [-0.4, -0.2) is 52.8 Å². The minimum absolute atomic E-state index is 0.0465. The second kappa shape index (κ2) is 8.71. The number of nitrogens with one attached hydrogen (secondary N) is 1. The van der Waals surface area contributed by atoms with Crippen molar-refractivity contribution in [2.75, 3.05) is 20.3 Å². The summed E-state index contributed by atoms with van der Waals surface area (Å²) in [5.74, 6) is -0.168. The highest BCUT2D eigenvalue weighted by Crippen LogP contribution is 2.32. The Labute approximate surface area is 161 Å². The number of hydrogen-bond donors (Lipinski definition) is 2. The van der Waals surface area contributed by atoms with Gasteiger partial charge >= 0.3 is 0 Å². The number of hydrogen-bond acceptors (Lipinski definition) is 5. The molecule has 3 rings (SSSR count). The molecule has 1 saturated carbocycles. The SMILES string of the molecule is COCCn1nc2c(c1C(=O)NCC1(O)CCCCCC1)C[C@H](C)O[C@@H]2C. The quantitative estimate of drug-likeness (QED) is 0.741. The van der Waals surface area contributed by atoms with Crippen molar-refractivity contribution in [1.29, 1.82) is 0 Å². The van der Waals surface area contributed by atoms with Crippen LogP contribution in [0.25, 0.3) is 0 Å². The van der Waals surface area contributed by atoms with E-state index in [0.717, 1.165) is 49.8 Å². The number of rotatable bonds is 6. The summed E-state index contributed by atoms with van der Waals surface area (Å²) in [4.78, 5) is 13.1. The highest BCUT2D eigenvalue weighted by molar-refractivity contribution is 5.94. The van der Waals surface area contributed by atoms with Crippen molar-refractivity contribution >= 4 is 5.91 Å². The Morgan fingerprint density at radius 1 is 1.33 bits per heavy atom. The summed E-state index contributed by atoms with van der Waals surface area (Å²) in [6.07, 6.45) is 6.41. The summed E-state index contributed by atoms with van der Waals surface area (Å²) in [6.45, 7) is 5.27. The van der Waals surface area contributed by atoms with E-state index in [-0.39, 0.29) is 24.7 Å². The zero-order valence-electron chi connectivity index (χ0n) is 16.8. The second-order valence-electron chi connectivity index (χ2n) is 8.04. The van der Waals surface area contributed by atoms with Crippen molar-refractivity contribution in [3.63, 3.8) is 0 Å². The van der Waals surface area contributed by atoms with Crippen LogP contribution in [0, 0.1) is 0 Å². The normalized spacial score (nSPS) is 24.9. The van der Waals surface area contributed by atoms with E-state index in [1.807, 2.05) is 13.8 Å². The molecule has 1 aromatic heterocycles. The molecule has 2 aliphatic rings. The molecule has 7 nitrogen and oxygen atoms in total. The Hall–Kier alpha value is -1.44. The van der Waals surface area contributed by atoms with Crippen LogP contribution in [0.2, 0.25) is 0 Å². The lowest BCUT2D eigenvalue weighted by molar-refractivity contribution is -0.00720. The molecule has 1 amide bonds. The molecule has 0 saturated heterocycles. The van der Waals surface area contributed by atoms with Crippen LogP contribution >= 0.6 is 0 Å². The number of nitrogens with zero attached hydrogens (tertiary/aromatic N) is 2. The van der Waals surface area contributed by atoms with Gasteiger partial charge in [-0.05, 0) is 26.7 Å². The average Bonchev–Trinajstić information content (AvgIpc) is 2.85. The molecule has 7 heteroatoms. The summed E-state index contributed by atoms with van der Waals surface area (Å²) in [5.41, 5.74) is 1.58. The van der Waals surface area contributed by atoms with Gasteiger partial charge in [0.15, 0.2) is 0 Å². The zero-order chi connectivity index (χ0) is 19.4. The highest BCUT2D eigenvalue weighted by Gasteiger charge is 2.34. The minimum atomic E-state index is -0.798. The third-order valence-corrected chi connectivity index (χ3v) is 5.73. The monoisotopic (exact) mass is 379 g/mol. The molecule has 27 heavy (non-hydrogen) atoms. The van der Waals surface area contributed by atoms with Gasteiger partial charge in [0.25, 0.3) is 5.91 Å². The van der Waals surface area contributed by atoms with E-state index in [4.69, 9.17) is 9.47 Å². The fraction of sp³-hybridized carbons (Fsp3) is 0.800. The van der Waals surface area contributed by atoms with E-state index in [1.54, 1.807) is 11.8 Å². The van der Waals surface area contributed by atoms with E-state index < -0.39 is 5.60 Å². The number of ether oxygens (including phenoxy) is 2. The van der Waals surface area contributed by atoms with Crippen molar-refractivity contribution in [2.45, 2.75) is 83.1 Å². The molecule has 0 unspecified atom stereocenters. The average molecular weight is 380 g/mol. The van der Waals surface area contributed by atoms with Crippen LogP contribution < -0.4 is 5.32 Å². The highest BCUT2D eigenvalue weighted by atomic mass is 16.5. The van der Waals surface area contributed by atoms with Gasteiger partial charge in [-0.25, -0.2) is 0 Å². The predicted molar refractivity (Wildman–Crippen MR) is 102 cm³/mol. The van der Waals surface area contributed by atoms with Gasteiger partial charge in [-0.2, -0.15) is 5.10 Å². The third kappa shape index (κ3) is 4.70. The molecule has 1 aliphatic carbocycles. The Bertz CT molecular complexity index is 650. The van der Waals surface area contributed by atoms with Crippen molar-refractivity contribution < 1.29 is 19.4 Å². The standard InChI is InChI=1S/C20H33N3O4/c1-14-12-16-17(15(2)27-14)22-23(10-11-26-3)18(16)19(24)21-13-20(25)8-6-4-5-7-9-20/h14-15,25H,4-13H2,1-3H3,(H,21,24)/t14-,15+/m0/s1. The van der Waals surface area contributed by atoms with E-state index >= 15 is 0 Å². The van der Waals surface area contributed by atoms with Gasteiger partial charge in [-0.15, -0.1) is 0 Å². The molecule has 2 heterocycles. The second-order valence-corrected chi connectivity index (χ2v) is 8.04. The molecular formula is C20H33N3O4. The molecule has 1 aliphatic heterocycles. The first-order chi connectivity index (χ1) is 12.9. The van der Waals surface area contributed by atoms with Crippen LogP contribution in [-0.2, 0) is 22.4 Å². The van der Waals surface area contributed by atoms with Crippen LogP contribution in [0.15, 0.2) is 0 Å². The summed E-state index contributed by atoms with van der Waals surface area (Å²) >= 11 is 0. The third-order valence-electron chi connectivity index (χ3n) is 5.73. The Kier molecular flexibility index (Phi) is 6.55. The number of aliphatic hydroxyl groups is 1. The van der Waals surface area contributed by atoms with Gasteiger partial charge < -0.3 is 19.9 Å². The Morgan fingerprint density at radius 2 is 2.04 bits per heavy atom. The van der Waals surface area contributed by atoms with Crippen LogP contribution in [0.5, 0.6) is 0 Å². The summed E-state index contributed by atoms with van der Waals surface area (Å²) in [7, 11) is 1.64. The molecular weight excluding hydrogens is 346 g/mol. The largest absolute Gasteiger partial charge is 0.388 e. The predicted octanol–water partition coefficient (Wildman–Crippen LogP) is 2.37. The number of carbonyl (C=O) groups is 1. The molecule has 1 aromatic rings. The first-order valence-electron chi connectivity index (χ1n) is 10.2. The van der Waals surface area contributed by atoms with Crippen LogP contribution in [0.1, 0.15) is 80.2 Å². The van der Waals surface area contributed by atoms with Gasteiger partial charge in [0.05, 0.1) is 36.7 Å². The topological polar surface area (TPSA) is 85.6 Å². The van der Waals surface area contributed by atoms with Gasteiger partial charge in [-0.1, -0.05) is 25.7 Å². The van der Waals surface area contributed by atoms with E-state index in [2.05, 4.69) is 10.4 Å². The van der Waals surface area contributed by atoms with Gasteiger partial charge in [0.2, 0.25) is 0 Å². The minimum Gasteiger partial charge on any atom is -0.388 e. The van der Waals surface area contributed by atoms with E-state index in [0.29, 0.717) is 25.3 Å². The maximum Gasteiger partial charge on any atom is 0.269 e. The molecule has 0 aromatic carbocycles. The Morgan fingerprint density at radius 3 is 2.70 bits per heavy atom. The van der Waals surface area contributed by atoms with Crippen molar-refractivity contribution in [1.82, 2.24) is 15.1 Å². The smallest absolute Gasteiger partial charge is 0.269 e. The van der Waals surface area contributed by atoms with Crippen molar-refractivity contribution in [3.8, 4) is 0 Å². The lowest BCUT2D eigenvalue weighted by Crippen LogP contribution is -2.43.